The van der Waals surface area contributed by atoms with Crippen LogP contribution in [0.1, 0.15) is 45.4 Å². The molecule has 1 amide bonds. The largest absolute Gasteiger partial charge is 0.481 e. The van der Waals surface area contributed by atoms with Crippen molar-refractivity contribution < 1.29 is 9.53 Å². The second kappa shape index (κ2) is 5.70. The van der Waals surface area contributed by atoms with Crippen molar-refractivity contribution in [2.24, 2.45) is 17.8 Å². The Morgan fingerprint density at radius 1 is 1.13 bits per heavy atom. The molecule has 4 fully saturated rings. The Hall–Kier alpha value is -1.22. The smallest absolute Gasteiger partial charge is 0.261 e. The lowest BCUT2D eigenvalue weighted by molar-refractivity contribution is -0.133. The Kier molecular flexibility index (Phi) is 3.79. The molecule has 4 aliphatic carbocycles. The Labute approximate surface area is 142 Å². The molecule has 4 heteroatoms. The van der Waals surface area contributed by atoms with Crippen LogP contribution in [0, 0.1) is 17.8 Å². The highest BCUT2D eigenvalue weighted by Gasteiger charge is 2.51. The highest BCUT2D eigenvalue weighted by atomic mass is 35.5. The number of hydrogen-bond donors (Lipinski definition) is 1. The maximum atomic E-state index is 12.6. The first kappa shape index (κ1) is 15.3. The standard InChI is InChI=1S/C19H24ClNO2/c1-12(23-17-4-2-16(20)3-5-17)18(22)21-19-9-13-6-14(10-19)8-15(7-13)11-19/h2-5,12-15H,6-11H2,1H3,(H,21,22). The summed E-state index contributed by atoms with van der Waals surface area (Å²) in [7, 11) is 0. The van der Waals surface area contributed by atoms with Crippen LogP contribution in [0.15, 0.2) is 24.3 Å². The summed E-state index contributed by atoms with van der Waals surface area (Å²) in [4.78, 5) is 12.6. The molecular formula is C19H24ClNO2. The maximum absolute atomic E-state index is 12.6. The Morgan fingerprint density at radius 2 is 1.65 bits per heavy atom. The Morgan fingerprint density at radius 3 is 2.17 bits per heavy atom. The Bertz CT molecular complexity index is 563. The quantitative estimate of drug-likeness (QED) is 0.897. The first-order chi connectivity index (χ1) is 11.0. The lowest BCUT2D eigenvalue weighted by Gasteiger charge is -2.57. The van der Waals surface area contributed by atoms with Crippen LogP contribution >= 0.6 is 11.6 Å². The molecule has 1 aromatic carbocycles. The number of ether oxygens (including phenoxy) is 1. The van der Waals surface area contributed by atoms with Crippen molar-refractivity contribution in [1.29, 1.82) is 0 Å². The van der Waals surface area contributed by atoms with Crippen molar-refractivity contribution in [2.45, 2.75) is 57.1 Å². The highest BCUT2D eigenvalue weighted by molar-refractivity contribution is 6.30. The molecule has 4 aliphatic rings. The lowest BCUT2D eigenvalue weighted by Crippen LogP contribution is -2.61. The van der Waals surface area contributed by atoms with Gasteiger partial charge in [-0.05, 0) is 87.5 Å². The summed E-state index contributed by atoms with van der Waals surface area (Å²) in [6.07, 6.45) is 7.16. The van der Waals surface area contributed by atoms with Gasteiger partial charge in [-0.1, -0.05) is 11.6 Å². The summed E-state index contributed by atoms with van der Waals surface area (Å²) in [5.74, 6) is 3.18. The van der Waals surface area contributed by atoms with Gasteiger partial charge in [0.05, 0.1) is 0 Å². The average molecular weight is 334 g/mol. The SMILES string of the molecule is CC(Oc1ccc(Cl)cc1)C(=O)NC12CC3CC(CC(C3)C1)C2. The molecule has 1 aromatic rings. The van der Waals surface area contributed by atoms with Gasteiger partial charge in [-0.15, -0.1) is 0 Å². The van der Waals surface area contributed by atoms with E-state index in [0.717, 1.165) is 17.8 Å². The predicted molar refractivity (Wildman–Crippen MR) is 90.6 cm³/mol. The van der Waals surface area contributed by atoms with Crippen LogP contribution < -0.4 is 10.1 Å². The van der Waals surface area contributed by atoms with Crippen molar-refractivity contribution in [3.8, 4) is 5.75 Å². The van der Waals surface area contributed by atoms with Crippen LogP contribution in [0.3, 0.4) is 0 Å². The number of amides is 1. The van der Waals surface area contributed by atoms with Crippen molar-refractivity contribution >= 4 is 17.5 Å². The third kappa shape index (κ3) is 3.08. The van der Waals surface area contributed by atoms with E-state index in [9.17, 15) is 4.79 Å². The zero-order valence-electron chi connectivity index (χ0n) is 13.6. The fourth-order valence-electron chi connectivity index (χ4n) is 5.40. The number of hydrogen-bond acceptors (Lipinski definition) is 2. The number of carbonyl (C=O) groups excluding carboxylic acids is 1. The zero-order valence-corrected chi connectivity index (χ0v) is 14.3. The molecule has 0 heterocycles. The molecule has 4 bridgehead atoms. The van der Waals surface area contributed by atoms with Gasteiger partial charge < -0.3 is 10.1 Å². The van der Waals surface area contributed by atoms with Crippen LogP contribution in [0.4, 0.5) is 0 Å². The number of rotatable bonds is 4. The predicted octanol–water partition coefficient (Wildman–Crippen LogP) is 4.19. The van der Waals surface area contributed by atoms with E-state index in [1.54, 1.807) is 24.3 Å². The zero-order chi connectivity index (χ0) is 16.0. The van der Waals surface area contributed by atoms with Crippen LogP contribution in [-0.2, 0) is 4.79 Å². The van der Waals surface area contributed by atoms with Gasteiger partial charge in [0.2, 0.25) is 0 Å². The summed E-state index contributed by atoms with van der Waals surface area (Å²) in [5, 5.41) is 4.04. The van der Waals surface area contributed by atoms with E-state index in [1.165, 1.54) is 38.5 Å². The molecule has 4 saturated carbocycles. The number of benzene rings is 1. The summed E-state index contributed by atoms with van der Waals surface area (Å²) in [6, 6.07) is 7.16. The van der Waals surface area contributed by atoms with Crippen LogP contribution in [0.5, 0.6) is 5.75 Å². The van der Waals surface area contributed by atoms with Gasteiger partial charge in [0.1, 0.15) is 5.75 Å². The molecule has 5 rings (SSSR count). The van der Waals surface area contributed by atoms with Crippen LogP contribution in [-0.4, -0.2) is 17.6 Å². The van der Waals surface area contributed by atoms with Gasteiger partial charge in [-0.25, -0.2) is 0 Å². The lowest BCUT2D eigenvalue weighted by atomic mass is 9.53. The van der Waals surface area contributed by atoms with Crippen molar-refractivity contribution in [1.82, 2.24) is 5.32 Å². The van der Waals surface area contributed by atoms with E-state index >= 15 is 0 Å². The van der Waals surface area contributed by atoms with Crippen LogP contribution in [0.2, 0.25) is 5.02 Å². The maximum Gasteiger partial charge on any atom is 0.261 e. The summed E-state index contributed by atoms with van der Waals surface area (Å²) >= 11 is 5.88. The summed E-state index contributed by atoms with van der Waals surface area (Å²) in [6.45, 7) is 1.82. The first-order valence-electron chi connectivity index (χ1n) is 8.76. The monoisotopic (exact) mass is 333 g/mol. The molecule has 23 heavy (non-hydrogen) atoms. The summed E-state index contributed by atoms with van der Waals surface area (Å²) in [5.41, 5.74) is 0.0451. The van der Waals surface area contributed by atoms with Gasteiger partial charge >= 0.3 is 0 Å². The van der Waals surface area contributed by atoms with E-state index in [1.807, 2.05) is 6.92 Å². The number of nitrogens with one attached hydrogen (secondary N) is 1. The second-order valence-corrected chi connectivity index (χ2v) is 8.34. The van der Waals surface area contributed by atoms with Gasteiger partial charge in [-0.3, -0.25) is 4.79 Å². The average Bonchev–Trinajstić information content (AvgIpc) is 2.47. The van der Waals surface area contributed by atoms with Gasteiger partial charge in [-0.2, -0.15) is 0 Å². The Balaban J connectivity index is 1.40. The van der Waals surface area contributed by atoms with E-state index in [2.05, 4.69) is 5.32 Å². The van der Waals surface area contributed by atoms with Crippen molar-refractivity contribution in [3.63, 3.8) is 0 Å². The van der Waals surface area contributed by atoms with Gasteiger partial charge in [0, 0.05) is 10.6 Å². The number of halogens is 1. The minimum Gasteiger partial charge on any atom is -0.481 e. The minimum atomic E-state index is -0.482. The molecule has 1 N–H and O–H groups in total. The van der Waals surface area contributed by atoms with Gasteiger partial charge in [0.15, 0.2) is 6.10 Å². The van der Waals surface area contributed by atoms with E-state index in [0.29, 0.717) is 10.8 Å². The molecule has 0 spiro atoms. The first-order valence-corrected chi connectivity index (χ1v) is 9.13. The van der Waals surface area contributed by atoms with Crippen LogP contribution in [0.25, 0.3) is 0 Å². The molecule has 124 valence electrons. The topological polar surface area (TPSA) is 38.3 Å². The molecule has 3 nitrogen and oxygen atoms in total. The van der Waals surface area contributed by atoms with Crippen molar-refractivity contribution in [3.05, 3.63) is 29.3 Å². The normalized spacial score (nSPS) is 35.8. The van der Waals surface area contributed by atoms with E-state index < -0.39 is 6.10 Å². The summed E-state index contributed by atoms with van der Waals surface area (Å²) < 4.78 is 5.77. The molecular weight excluding hydrogens is 310 g/mol. The fraction of sp³-hybridized carbons (Fsp3) is 0.632. The molecule has 0 aliphatic heterocycles. The van der Waals surface area contributed by atoms with E-state index in [4.69, 9.17) is 16.3 Å². The third-order valence-electron chi connectivity index (χ3n) is 5.92. The van der Waals surface area contributed by atoms with Crippen molar-refractivity contribution in [2.75, 3.05) is 0 Å². The molecule has 0 radical (unpaired) electrons. The molecule has 1 unspecified atom stereocenters. The second-order valence-electron chi connectivity index (χ2n) is 7.90. The third-order valence-corrected chi connectivity index (χ3v) is 6.17. The molecule has 0 aromatic heterocycles. The minimum absolute atomic E-state index is 0.0156. The number of carbonyl (C=O) groups is 1. The molecule has 0 saturated heterocycles. The highest BCUT2D eigenvalue weighted by Crippen LogP contribution is 2.55. The van der Waals surface area contributed by atoms with E-state index in [-0.39, 0.29) is 11.4 Å². The fourth-order valence-corrected chi connectivity index (χ4v) is 5.52. The van der Waals surface area contributed by atoms with Gasteiger partial charge in [0.25, 0.3) is 5.91 Å². The molecule has 1 atom stereocenters.